The zero-order chi connectivity index (χ0) is 32.0. The number of hydrogen-bond donors (Lipinski definition) is 1. The summed E-state index contributed by atoms with van der Waals surface area (Å²) in [5, 5.41) is 2.99. The third-order valence-electron chi connectivity index (χ3n) is 8.08. The number of methoxy groups -OCH3 is 2. The summed E-state index contributed by atoms with van der Waals surface area (Å²) in [4.78, 5) is 17.7. The fourth-order valence-electron chi connectivity index (χ4n) is 5.34. The number of nitrogens with one attached hydrogen (secondary N) is 1. The molecule has 1 aliphatic heterocycles. The fourth-order valence-corrected chi connectivity index (χ4v) is 5.34. The first-order chi connectivity index (χ1) is 21.7. The van der Waals surface area contributed by atoms with Crippen molar-refractivity contribution in [3.8, 4) is 23.0 Å². The highest BCUT2D eigenvalue weighted by molar-refractivity contribution is 5.96. The number of carbonyl (C=O) groups is 1. The molecule has 0 fully saturated rings. The van der Waals surface area contributed by atoms with E-state index in [-0.39, 0.29) is 17.8 Å². The number of ether oxygens (including phenoxy) is 4. The first kappa shape index (κ1) is 31.6. The number of amides is 1. The Kier molecular flexibility index (Phi) is 9.76. The first-order valence-electron chi connectivity index (χ1n) is 15.1. The molecule has 2 heterocycles. The van der Waals surface area contributed by atoms with Crippen LogP contribution < -0.4 is 24.3 Å². The van der Waals surface area contributed by atoms with E-state index in [4.69, 9.17) is 18.9 Å². The molecule has 1 amide bonds. The predicted molar refractivity (Wildman–Crippen MR) is 173 cm³/mol. The second kappa shape index (κ2) is 13.9. The predicted octanol–water partition coefficient (Wildman–Crippen LogP) is 7.33. The summed E-state index contributed by atoms with van der Waals surface area (Å²) in [5.41, 5.74) is 2.92. The highest BCUT2D eigenvalue weighted by Crippen LogP contribution is 2.38. The number of imidazole rings is 1. The number of aromatic nitrogens is 2. The van der Waals surface area contributed by atoms with E-state index in [1.165, 1.54) is 12.1 Å². The lowest BCUT2D eigenvalue weighted by atomic mass is 9.87. The van der Waals surface area contributed by atoms with Crippen molar-refractivity contribution < 1.29 is 28.1 Å². The molecular formula is C36H40FN3O5. The zero-order valence-electron chi connectivity index (χ0n) is 26.4. The van der Waals surface area contributed by atoms with Gasteiger partial charge in [0.05, 0.1) is 26.5 Å². The maximum Gasteiger partial charge on any atom is 0.230 e. The van der Waals surface area contributed by atoms with Crippen LogP contribution in [0.5, 0.6) is 23.0 Å². The monoisotopic (exact) mass is 613 g/mol. The van der Waals surface area contributed by atoms with Gasteiger partial charge >= 0.3 is 0 Å². The highest BCUT2D eigenvalue weighted by atomic mass is 19.1. The number of hydrogen-bond acceptors (Lipinski definition) is 6. The highest BCUT2D eigenvalue weighted by Gasteiger charge is 2.29. The minimum Gasteiger partial charge on any atom is -0.497 e. The van der Waals surface area contributed by atoms with Crippen LogP contribution in [0.15, 0.2) is 73.1 Å². The van der Waals surface area contributed by atoms with Crippen LogP contribution in [0.2, 0.25) is 0 Å². The van der Waals surface area contributed by atoms with Crippen LogP contribution in [0, 0.1) is 11.2 Å². The Morgan fingerprint density at radius 1 is 1.04 bits per heavy atom. The molecule has 236 valence electrons. The molecule has 0 spiro atoms. The van der Waals surface area contributed by atoms with Crippen LogP contribution in [0.4, 0.5) is 10.1 Å². The van der Waals surface area contributed by atoms with Crippen molar-refractivity contribution in [3.05, 3.63) is 95.8 Å². The van der Waals surface area contributed by atoms with Gasteiger partial charge in [-0.15, -0.1) is 0 Å². The normalized spacial score (nSPS) is 14.2. The van der Waals surface area contributed by atoms with E-state index in [0.29, 0.717) is 36.6 Å². The molecule has 5 rings (SSSR count). The SMILES string of the molecule is COc1ccc(NC(=O)C(C)(C)CCCOc2ccc3c(c2)C=C(c2nccn2C)C(CCc2ccc(F)cc2)O3)c(OC)c1. The molecule has 0 saturated heterocycles. The maximum absolute atomic E-state index is 13.4. The van der Waals surface area contributed by atoms with Gasteiger partial charge in [-0.2, -0.15) is 0 Å². The molecule has 0 aliphatic carbocycles. The smallest absolute Gasteiger partial charge is 0.230 e. The van der Waals surface area contributed by atoms with Crippen molar-refractivity contribution in [3.63, 3.8) is 0 Å². The minimum absolute atomic E-state index is 0.0992. The number of aryl methyl sites for hydroxylation is 2. The van der Waals surface area contributed by atoms with Crippen molar-refractivity contribution in [2.45, 2.75) is 45.6 Å². The Hall–Kier alpha value is -4.79. The molecule has 1 N–H and O–H groups in total. The lowest BCUT2D eigenvalue weighted by Gasteiger charge is -2.28. The van der Waals surface area contributed by atoms with Gasteiger partial charge in [0.1, 0.15) is 40.7 Å². The van der Waals surface area contributed by atoms with Gasteiger partial charge in [-0.05, 0) is 79.8 Å². The summed E-state index contributed by atoms with van der Waals surface area (Å²) in [6, 6.07) is 17.7. The molecule has 8 nitrogen and oxygen atoms in total. The summed E-state index contributed by atoms with van der Waals surface area (Å²) in [5.74, 6) is 3.19. The summed E-state index contributed by atoms with van der Waals surface area (Å²) >= 11 is 0. The standard InChI is InChI=1S/C36H40FN3O5/c1-36(2,35(41)39-30-14-12-27(42-4)23-33(30)43-5)17-6-20-44-28-13-16-31-25(21-28)22-29(34-38-18-19-40(34)3)32(45-31)15-9-24-7-10-26(37)11-8-24/h7-8,10-14,16,18-19,21-23,32H,6,9,15,17,20H2,1-5H3,(H,39,41). The lowest BCUT2D eigenvalue weighted by Crippen LogP contribution is -2.31. The van der Waals surface area contributed by atoms with E-state index in [1.807, 2.05) is 62.0 Å². The van der Waals surface area contributed by atoms with E-state index < -0.39 is 5.41 Å². The molecule has 4 aromatic rings. The minimum atomic E-state index is -0.624. The van der Waals surface area contributed by atoms with Gasteiger partial charge in [0.25, 0.3) is 0 Å². The number of anilines is 1. The number of halogens is 1. The van der Waals surface area contributed by atoms with Crippen molar-refractivity contribution in [2.24, 2.45) is 12.5 Å². The van der Waals surface area contributed by atoms with Crippen LogP contribution in [-0.4, -0.2) is 42.4 Å². The van der Waals surface area contributed by atoms with Crippen LogP contribution in [-0.2, 0) is 18.3 Å². The van der Waals surface area contributed by atoms with Gasteiger partial charge in [0.2, 0.25) is 5.91 Å². The molecule has 9 heteroatoms. The van der Waals surface area contributed by atoms with Crippen molar-refractivity contribution >= 4 is 23.2 Å². The number of rotatable bonds is 13. The summed E-state index contributed by atoms with van der Waals surface area (Å²) in [6.07, 6.45) is 8.38. The van der Waals surface area contributed by atoms with Gasteiger partial charge in [-0.25, -0.2) is 9.37 Å². The van der Waals surface area contributed by atoms with Gasteiger partial charge < -0.3 is 28.8 Å². The largest absolute Gasteiger partial charge is 0.497 e. The Balaban J connectivity index is 1.20. The van der Waals surface area contributed by atoms with Crippen LogP contribution >= 0.6 is 0 Å². The quantitative estimate of drug-likeness (QED) is 0.159. The van der Waals surface area contributed by atoms with E-state index in [0.717, 1.165) is 46.9 Å². The average Bonchev–Trinajstić information content (AvgIpc) is 3.47. The molecule has 1 aliphatic rings. The van der Waals surface area contributed by atoms with E-state index >= 15 is 0 Å². The van der Waals surface area contributed by atoms with Gasteiger partial charge in [0, 0.05) is 42.1 Å². The molecule has 3 aromatic carbocycles. The van der Waals surface area contributed by atoms with Crippen LogP contribution in [0.1, 0.15) is 50.1 Å². The second-order valence-electron chi connectivity index (χ2n) is 11.8. The van der Waals surface area contributed by atoms with Crippen LogP contribution in [0.25, 0.3) is 11.6 Å². The molecule has 0 bridgehead atoms. The zero-order valence-corrected chi connectivity index (χ0v) is 26.4. The maximum atomic E-state index is 13.4. The molecule has 1 unspecified atom stereocenters. The fraction of sp³-hybridized carbons (Fsp3) is 0.333. The van der Waals surface area contributed by atoms with E-state index in [9.17, 15) is 9.18 Å². The van der Waals surface area contributed by atoms with Crippen molar-refractivity contribution in [1.82, 2.24) is 9.55 Å². The van der Waals surface area contributed by atoms with E-state index in [1.54, 1.807) is 38.6 Å². The van der Waals surface area contributed by atoms with Crippen molar-refractivity contribution in [1.29, 1.82) is 0 Å². The third kappa shape index (κ3) is 7.66. The molecule has 1 aromatic heterocycles. The van der Waals surface area contributed by atoms with Gasteiger partial charge in [0.15, 0.2) is 0 Å². The number of fused-ring (bicyclic) bond motifs is 1. The van der Waals surface area contributed by atoms with Crippen LogP contribution in [0.3, 0.4) is 0 Å². The average molecular weight is 614 g/mol. The summed E-state index contributed by atoms with van der Waals surface area (Å²) in [7, 11) is 5.11. The molecular weight excluding hydrogens is 573 g/mol. The Morgan fingerprint density at radius 3 is 2.53 bits per heavy atom. The molecule has 0 radical (unpaired) electrons. The second-order valence-corrected chi connectivity index (χ2v) is 11.8. The Bertz CT molecular complexity index is 1660. The Morgan fingerprint density at radius 2 is 1.82 bits per heavy atom. The molecule has 45 heavy (non-hydrogen) atoms. The number of carbonyl (C=O) groups excluding carboxylic acids is 1. The molecule has 0 saturated carbocycles. The topological polar surface area (TPSA) is 83.8 Å². The Labute approximate surface area is 263 Å². The van der Waals surface area contributed by atoms with Gasteiger partial charge in [-0.1, -0.05) is 26.0 Å². The summed E-state index contributed by atoms with van der Waals surface area (Å²) in [6.45, 7) is 4.30. The summed E-state index contributed by atoms with van der Waals surface area (Å²) < 4.78 is 38.6. The van der Waals surface area contributed by atoms with Gasteiger partial charge in [-0.3, -0.25) is 4.79 Å². The number of benzene rings is 3. The molecule has 1 atom stereocenters. The lowest BCUT2D eigenvalue weighted by molar-refractivity contribution is -0.124. The van der Waals surface area contributed by atoms with Crippen molar-refractivity contribution in [2.75, 3.05) is 26.1 Å². The first-order valence-corrected chi connectivity index (χ1v) is 15.1. The van der Waals surface area contributed by atoms with E-state index in [2.05, 4.69) is 16.4 Å². The third-order valence-corrected chi connectivity index (χ3v) is 8.08. The number of nitrogens with zero attached hydrogens (tertiary/aromatic N) is 2.